The fourth-order valence-electron chi connectivity index (χ4n) is 0. The van der Waals surface area contributed by atoms with E-state index in [4.69, 9.17) is 0 Å². The van der Waals surface area contributed by atoms with Crippen molar-refractivity contribution in [1.29, 1.82) is 0 Å². The van der Waals surface area contributed by atoms with Crippen molar-refractivity contribution in [3.8, 4) is 0 Å². The first-order valence-corrected chi connectivity index (χ1v) is 0. The van der Waals surface area contributed by atoms with Gasteiger partial charge >= 0.3 is 0 Å². The SMILES string of the molecule is [Dy].[Er].[Eu].[Gd].[Ho].[Pm].[Sm].[Tb]. The van der Waals surface area contributed by atoms with Gasteiger partial charge in [0.1, 0.15) is 0 Å². The van der Waals surface area contributed by atoms with E-state index in [9.17, 15) is 0 Å². The maximum Gasteiger partial charge on any atom is 0 e. The summed E-state index contributed by atoms with van der Waals surface area (Å²) in [5.74, 6) is 0. The van der Waals surface area contributed by atoms with Crippen molar-refractivity contribution in [3.05, 3.63) is 0 Å². The third-order valence-electron chi connectivity index (χ3n) is 0. The van der Waals surface area contributed by atoms with E-state index < -0.39 is 0 Å². The summed E-state index contributed by atoms with van der Waals surface area (Å²) in [5, 5.41) is 0. The molecule has 0 saturated heterocycles. The zero-order chi connectivity index (χ0) is 0. The van der Waals surface area contributed by atoms with E-state index in [0.29, 0.717) is 0 Å². The minimum Gasteiger partial charge on any atom is 0 e. The molecule has 0 heterocycles. The second-order valence-corrected chi connectivity index (χ2v) is 0. The molecule has 0 aliphatic carbocycles. The second-order valence-electron chi connectivity index (χ2n) is 0. The summed E-state index contributed by atoms with van der Waals surface area (Å²) in [6.07, 6.45) is 0. The fourth-order valence-corrected chi connectivity index (χ4v) is 0. The summed E-state index contributed by atoms with van der Waals surface area (Å²) in [7, 11) is 0. The van der Waals surface area contributed by atoms with Gasteiger partial charge in [-0.1, -0.05) is 0 Å². The Balaban J connectivity index is 0. The maximum absolute atomic E-state index is 0. The van der Waals surface area contributed by atoms with Gasteiger partial charge in [0.05, 0.1) is 0 Å². The molecule has 0 bridgehead atoms. The molecule has 0 fully saturated rings. The molecule has 0 aliphatic rings. The van der Waals surface area contributed by atoms with Crippen LogP contribution < -0.4 is 0 Å². The van der Waals surface area contributed by atoms with Gasteiger partial charge in [0.15, 0.2) is 0 Å². The van der Waals surface area contributed by atoms with Crippen molar-refractivity contribution in [2.75, 3.05) is 0 Å². The topological polar surface area (TPSA) is 0 Å². The summed E-state index contributed by atoms with van der Waals surface area (Å²) < 4.78 is 0. The first kappa shape index (κ1) is 51.2. The molecular weight excluding hydrogens is 1260 g/mol. The predicted molar refractivity (Wildman–Crippen MR) is 0 cm³/mol. The molecule has 0 aromatic rings. The Morgan fingerprint density at radius 2 is 1.00 bits per heavy atom. The molecule has 0 aromatic heterocycles. The van der Waals surface area contributed by atoms with Gasteiger partial charge in [0, 0.05) is 322 Å². The van der Waals surface area contributed by atoms with Crippen LogP contribution in [0.15, 0.2) is 0 Å². The van der Waals surface area contributed by atoms with Crippen LogP contribution in [-0.2, 0) is 0 Å². The van der Waals surface area contributed by atoms with Crippen LogP contribution in [0.1, 0.15) is 0 Å². The molecule has 0 spiro atoms. The second kappa shape index (κ2) is 43.1. The summed E-state index contributed by atoms with van der Waals surface area (Å²) in [6.45, 7) is 0. The van der Waals surface area contributed by atoms with Crippen LogP contribution in [0.5, 0.6) is 0 Å². The Morgan fingerprint density at radius 3 is 1.00 bits per heavy atom. The van der Waals surface area contributed by atoms with E-state index in [1.54, 1.807) is 0 Å². The van der Waals surface area contributed by atoms with Crippen LogP contribution >= 0.6 is 0 Å². The monoisotopic (exact) mass is 1260 g/mol. The largest absolute Gasteiger partial charge is 0 e. The summed E-state index contributed by atoms with van der Waals surface area (Å²) in [6, 6.07) is 0. The van der Waals surface area contributed by atoms with Gasteiger partial charge in [-0.3, -0.25) is 0 Å². The zero-order valence-corrected chi connectivity index (χ0v) is 21.0. The minimum atomic E-state index is 0. The summed E-state index contributed by atoms with van der Waals surface area (Å²) in [5.41, 5.74) is 0. The Labute approximate surface area is 309 Å². The quantitative estimate of drug-likeness (QED) is 0.301. The van der Waals surface area contributed by atoms with E-state index in [-0.39, 0.29) is 322 Å². The third kappa shape index (κ3) is 36.0. The average molecular weight is 1260 g/mol. The number of hydrogen-bond acceptors (Lipinski definition) is 0. The Morgan fingerprint density at radius 1 is 1.00 bits per heavy atom. The first-order valence-electron chi connectivity index (χ1n) is 0. The maximum atomic E-state index is 0. The summed E-state index contributed by atoms with van der Waals surface area (Å²) in [4.78, 5) is 0. The van der Waals surface area contributed by atoms with Gasteiger partial charge < -0.3 is 0 Å². The van der Waals surface area contributed by atoms with Crippen molar-refractivity contribution in [2.24, 2.45) is 0 Å². The minimum absolute atomic E-state index is 0. The first-order chi connectivity index (χ1) is 0. The van der Waals surface area contributed by atoms with Gasteiger partial charge in [0.2, 0.25) is 0 Å². The average Bonchev–Trinajstić information content (AvgIpc) is 0. The smallest absolute Gasteiger partial charge is 0 e. The standard InChI is InChI=1S/Dy.Er.Eu.Gd.Ho.Pm.Sm.Tb. The third-order valence-corrected chi connectivity index (χ3v) is 0. The van der Waals surface area contributed by atoms with E-state index in [0.717, 1.165) is 0 Å². The molecule has 8 heteroatoms. The van der Waals surface area contributed by atoms with Crippen molar-refractivity contribution in [3.63, 3.8) is 0 Å². The zero-order valence-electron chi connectivity index (χ0n) is 2.83. The van der Waals surface area contributed by atoms with Crippen LogP contribution in [0.25, 0.3) is 0 Å². The van der Waals surface area contributed by atoms with E-state index >= 15 is 0 Å². The Hall–Kier alpha value is 10.6. The molecular formula is DyErEuGdHoPmSmTb. The molecule has 8 heavy (non-hydrogen) atoms. The van der Waals surface area contributed by atoms with Crippen LogP contribution in [-0.4, -0.2) is 0 Å². The van der Waals surface area contributed by atoms with Crippen molar-refractivity contribution >= 4 is 0 Å². The molecule has 0 aliphatic heterocycles. The molecule has 68 valence electrons. The molecule has 0 unspecified atom stereocenters. The summed E-state index contributed by atoms with van der Waals surface area (Å²) >= 11 is 0. The molecule has 0 rings (SSSR count). The van der Waals surface area contributed by atoms with Crippen molar-refractivity contribution in [2.45, 2.75) is 0 Å². The molecule has 0 atom stereocenters. The Bertz CT molecular complexity index is 24.0. The fraction of sp³-hybridized carbons (Fsp3) is 0. The van der Waals surface area contributed by atoms with Crippen LogP contribution in [0.2, 0.25) is 0 Å². The van der Waals surface area contributed by atoms with Crippen LogP contribution in [0, 0.1) is 322 Å². The van der Waals surface area contributed by atoms with E-state index in [1.165, 1.54) is 0 Å². The van der Waals surface area contributed by atoms with Gasteiger partial charge in [-0.05, 0) is 0 Å². The van der Waals surface area contributed by atoms with Crippen molar-refractivity contribution in [1.82, 2.24) is 0 Å². The number of rotatable bonds is 0. The molecule has 0 aromatic carbocycles. The van der Waals surface area contributed by atoms with Gasteiger partial charge in [0.25, 0.3) is 0 Å². The van der Waals surface area contributed by atoms with Crippen LogP contribution in [0.4, 0.5) is 0 Å². The van der Waals surface area contributed by atoms with Crippen molar-refractivity contribution < 1.29 is 322 Å². The molecule has 0 saturated carbocycles. The van der Waals surface area contributed by atoms with Gasteiger partial charge in [-0.25, -0.2) is 0 Å². The molecule has 0 N–H and O–H groups in total. The molecule has 4 radical (unpaired) electrons. The van der Waals surface area contributed by atoms with E-state index in [1.807, 2.05) is 0 Å². The Kier molecular flexibility index (Phi) is 276. The molecule has 0 nitrogen and oxygen atoms in total. The van der Waals surface area contributed by atoms with Gasteiger partial charge in [-0.15, -0.1) is 0 Å². The number of hydrogen-bond donors (Lipinski definition) is 0. The van der Waals surface area contributed by atoms with Gasteiger partial charge in [-0.2, -0.15) is 0 Å². The van der Waals surface area contributed by atoms with E-state index in [2.05, 4.69) is 0 Å². The van der Waals surface area contributed by atoms with Crippen LogP contribution in [0.3, 0.4) is 0 Å². The predicted octanol–water partition coefficient (Wildman–Crippen LogP) is 0. The molecule has 0 amide bonds. The normalized spacial score (nSPS) is 0.